The third-order valence-electron chi connectivity index (χ3n) is 6.74. The monoisotopic (exact) mass is 440 g/mol. The second-order valence-electron chi connectivity index (χ2n) is 8.59. The van der Waals surface area contributed by atoms with Crippen LogP contribution in [0.2, 0.25) is 0 Å². The number of carboxylic acids is 1. The number of hydrogen-bond acceptors (Lipinski definition) is 5. The van der Waals surface area contributed by atoms with Crippen molar-refractivity contribution in [2.24, 2.45) is 0 Å². The number of hydrogen-bond donors (Lipinski definition) is 1. The molecule has 32 heavy (non-hydrogen) atoms. The van der Waals surface area contributed by atoms with Crippen LogP contribution >= 0.6 is 0 Å². The van der Waals surface area contributed by atoms with Gasteiger partial charge >= 0.3 is 5.97 Å². The lowest BCUT2D eigenvalue weighted by Gasteiger charge is -2.32. The number of methoxy groups -OCH3 is 1. The Bertz CT molecular complexity index is 1070. The van der Waals surface area contributed by atoms with E-state index in [1.54, 1.807) is 7.11 Å². The number of aromatic carboxylic acids is 1. The van der Waals surface area contributed by atoms with E-state index in [4.69, 9.17) is 9.47 Å². The highest BCUT2D eigenvalue weighted by atomic mass is 16.5. The highest BCUT2D eigenvalue weighted by Crippen LogP contribution is 2.43. The van der Waals surface area contributed by atoms with Crippen LogP contribution in [-0.4, -0.2) is 53.9 Å². The summed E-state index contributed by atoms with van der Waals surface area (Å²) in [5, 5.41) is 9.57. The summed E-state index contributed by atoms with van der Waals surface area (Å²) < 4.78 is 13.8. The largest absolute Gasteiger partial charge is 0.493 e. The van der Waals surface area contributed by atoms with Gasteiger partial charge in [0.25, 0.3) is 0 Å². The van der Waals surface area contributed by atoms with E-state index in [9.17, 15) is 14.7 Å². The first-order valence-corrected chi connectivity index (χ1v) is 11.6. The molecule has 0 bridgehead atoms. The molecular weight excluding hydrogens is 408 g/mol. The Morgan fingerprint density at radius 3 is 2.56 bits per heavy atom. The van der Waals surface area contributed by atoms with Crippen LogP contribution in [0.25, 0.3) is 11.3 Å². The molecule has 1 unspecified atom stereocenters. The normalized spacial score (nSPS) is 17.7. The number of carbonyl (C=O) groups is 1. The van der Waals surface area contributed by atoms with Crippen LogP contribution < -0.4 is 14.9 Å². The van der Waals surface area contributed by atoms with E-state index in [0.29, 0.717) is 24.3 Å². The molecule has 1 N–H and O–H groups in total. The van der Waals surface area contributed by atoms with Gasteiger partial charge in [-0.25, -0.2) is 4.79 Å². The third-order valence-corrected chi connectivity index (χ3v) is 6.74. The van der Waals surface area contributed by atoms with Crippen molar-refractivity contribution in [3.8, 4) is 22.8 Å². The summed E-state index contributed by atoms with van der Waals surface area (Å²) in [5.41, 5.74) is 2.79. The van der Waals surface area contributed by atoms with E-state index < -0.39 is 11.4 Å². The van der Waals surface area contributed by atoms with Gasteiger partial charge in [-0.15, -0.1) is 0 Å². The zero-order chi connectivity index (χ0) is 22.8. The van der Waals surface area contributed by atoms with Crippen molar-refractivity contribution in [3.05, 3.63) is 45.2 Å². The second-order valence-corrected chi connectivity index (χ2v) is 8.59. The number of nitrogens with zero attached hydrogens (tertiary/aromatic N) is 2. The van der Waals surface area contributed by atoms with Gasteiger partial charge in [0.2, 0.25) is 0 Å². The molecule has 2 aliphatic heterocycles. The molecule has 2 aromatic rings. The standard InChI is InChI=1S/C25H32N2O5/c1-4-17-12-16-13-22(32-11-10-26-8-6-7-9-26)21(31-3)14-19(16)23-18(5-2)24(28)20(25(29)30)15-27(17)23/h13-15,17H,4-12H2,1-3H3,(H,29,30). The Hall–Kier alpha value is -2.80. The quantitative estimate of drug-likeness (QED) is 0.673. The molecule has 2 aliphatic rings. The van der Waals surface area contributed by atoms with Gasteiger partial charge in [-0.1, -0.05) is 13.8 Å². The van der Waals surface area contributed by atoms with E-state index in [0.717, 1.165) is 55.0 Å². The smallest absolute Gasteiger partial charge is 0.341 e. The zero-order valence-corrected chi connectivity index (χ0v) is 19.1. The van der Waals surface area contributed by atoms with Crippen LogP contribution in [0.5, 0.6) is 11.5 Å². The molecule has 1 aromatic heterocycles. The maximum Gasteiger partial charge on any atom is 0.341 e. The van der Waals surface area contributed by atoms with Gasteiger partial charge in [-0.2, -0.15) is 0 Å². The maximum atomic E-state index is 13.0. The summed E-state index contributed by atoms with van der Waals surface area (Å²) >= 11 is 0. The minimum absolute atomic E-state index is 0.0762. The molecule has 4 rings (SSSR count). The summed E-state index contributed by atoms with van der Waals surface area (Å²) in [7, 11) is 1.62. The topological polar surface area (TPSA) is 81.0 Å². The van der Waals surface area contributed by atoms with Crippen molar-refractivity contribution in [3.63, 3.8) is 0 Å². The van der Waals surface area contributed by atoms with Gasteiger partial charge in [0.05, 0.1) is 12.8 Å². The van der Waals surface area contributed by atoms with Crippen LogP contribution in [0, 0.1) is 0 Å². The van der Waals surface area contributed by atoms with Crippen LogP contribution in [0.3, 0.4) is 0 Å². The van der Waals surface area contributed by atoms with Gasteiger partial charge in [0.15, 0.2) is 16.9 Å². The predicted molar refractivity (Wildman–Crippen MR) is 123 cm³/mol. The van der Waals surface area contributed by atoms with Crippen LogP contribution in [0.1, 0.15) is 60.6 Å². The predicted octanol–water partition coefficient (Wildman–Crippen LogP) is 3.77. The Morgan fingerprint density at radius 2 is 1.94 bits per heavy atom. The fraction of sp³-hybridized carbons (Fsp3) is 0.520. The number of aromatic nitrogens is 1. The second kappa shape index (κ2) is 9.36. The summed E-state index contributed by atoms with van der Waals surface area (Å²) in [6.07, 6.45) is 6.06. The minimum Gasteiger partial charge on any atom is -0.493 e. The molecule has 1 aromatic carbocycles. The SMILES string of the molecule is CCc1c2n(cc(C(=O)O)c1=O)C(CC)Cc1cc(OCCN3CCCC3)c(OC)cc1-2. The number of fused-ring (bicyclic) bond motifs is 3. The molecule has 172 valence electrons. The van der Waals surface area contributed by atoms with Gasteiger partial charge in [-0.3, -0.25) is 9.69 Å². The summed E-state index contributed by atoms with van der Waals surface area (Å²) in [5.74, 6) is 0.166. The lowest BCUT2D eigenvalue weighted by atomic mass is 9.87. The number of rotatable bonds is 8. The summed E-state index contributed by atoms with van der Waals surface area (Å²) in [6, 6.07) is 4.06. The van der Waals surface area contributed by atoms with Crippen molar-refractivity contribution in [1.82, 2.24) is 9.47 Å². The first-order chi connectivity index (χ1) is 15.5. The molecule has 7 nitrogen and oxygen atoms in total. The fourth-order valence-electron chi connectivity index (χ4n) is 5.01. The van der Waals surface area contributed by atoms with E-state index in [1.807, 2.05) is 23.6 Å². The van der Waals surface area contributed by atoms with Gasteiger partial charge in [-0.05, 0) is 62.9 Å². The molecule has 0 amide bonds. The fourth-order valence-corrected chi connectivity index (χ4v) is 5.01. The number of pyridine rings is 1. The van der Waals surface area contributed by atoms with E-state index in [-0.39, 0.29) is 11.6 Å². The molecule has 7 heteroatoms. The molecule has 1 saturated heterocycles. The van der Waals surface area contributed by atoms with Crippen LogP contribution in [0.4, 0.5) is 0 Å². The van der Waals surface area contributed by atoms with Crippen LogP contribution in [-0.2, 0) is 12.8 Å². The molecule has 1 atom stereocenters. The third kappa shape index (κ3) is 4.01. The minimum atomic E-state index is -1.18. The maximum absolute atomic E-state index is 13.0. The van der Waals surface area contributed by atoms with Crippen LogP contribution in [0.15, 0.2) is 23.1 Å². The first kappa shape index (κ1) is 22.4. The van der Waals surface area contributed by atoms with Crippen molar-refractivity contribution in [2.75, 3.05) is 33.4 Å². The molecule has 0 saturated carbocycles. The first-order valence-electron chi connectivity index (χ1n) is 11.6. The summed E-state index contributed by atoms with van der Waals surface area (Å²) in [4.78, 5) is 27.1. The Labute approximate surface area is 188 Å². The molecule has 3 heterocycles. The number of carboxylic acid groups (broad SMARTS) is 1. The van der Waals surface area contributed by atoms with E-state index in [2.05, 4.69) is 11.8 Å². The molecule has 1 fully saturated rings. The van der Waals surface area contributed by atoms with Gasteiger partial charge in [0.1, 0.15) is 12.2 Å². The molecule has 0 aliphatic carbocycles. The van der Waals surface area contributed by atoms with E-state index in [1.165, 1.54) is 19.0 Å². The molecule has 0 spiro atoms. The average molecular weight is 441 g/mol. The molecule has 0 radical (unpaired) electrons. The van der Waals surface area contributed by atoms with Crippen molar-refractivity contribution in [2.45, 2.75) is 52.0 Å². The summed E-state index contributed by atoms with van der Waals surface area (Å²) in [6.45, 7) is 7.74. The Kier molecular flexibility index (Phi) is 6.55. The van der Waals surface area contributed by atoms with Crippen molar-refractivity contribution >= 4 is 5.97 Å². The van der Waals surface area contributed by atoms with Gasteiger partial charge in [0, 0.05) is 29.9 Å². The molecular formula is C25H32N2O5. The number of benzene rings is 1. The van der Waals surface area contributed by atoms with Crippen molar-refractivity contribution in [1.29, 1.82) is 0 Å². The highest BCUT2D eigenvalue weighted by Gasteiger charge is 2.30. The lowest BCUT2D eigenvalue weighted by molar-refractivity contribution is 0.0694. The van der Waals surface area contributed by atoms with Gasteiger partial charge < -0.3 is 19.1 Å². The number of ether oxygens (including phenoxy) is 2. The Balaban J connectivity index is 1.77. The number of likely N-dealkylation sites (tertiary alicyclic amines) is 1. The van der Waals surface area contributed by atoms with E-state index >= 15 is 0 Å². The highest BCUT2D eigenvalue weighted by molar-refractivity contribution is 5.88. The Morgan fingerprint density at radius 1 is 1.19 bits per heavy atom. The average Bonchev–Trinajstić information content (AvgIpc) is 3.31. The van der Waals surface area contributed by atoms with Crippen molar-refractivity contribution < 1.29 is 19.4 Å². The zero-order valence-electron chi connectivity index (χ0n) is 19.1. The lowest BCUT2D eigenvalue weighted by Crippen LogP contribution is -2.29.